The lowest BCUT2D eigenvalue weighted by Gasteiger charge is -2.37. The van der Waals surface area contributed by atoms with Crippen molar-refractivity contribution < 1.29 is 29.3 Å². The van der Waals surface area contributed by atoms with Crippen molar-refractivity contribution in [2.75, 3.05) is 19.8 Å². The molecule has 2 fully saturated rings. The molecule has 0 radical (unpaired) electrons. The molecule has 0 heterocycles. The summed E-state index contributed by atoms with van der Waals surface area (Å²) in [6, 6.07) is 0. The maximum absolute atomic E-state index is 12.2. The Labute approximate surface area is 161 Å². The van der Waals surface area contributed by atoms with Crippen molar-refractivity contribution in [3.05, 3.63) is 12.7 Å². The Hall–Kier alpha value is -1.24. The van der Waals surface area contributed by atoms with Crippen LogP contribution in [0.4, 0.5) is 0 Å². The van der Waals surface area contributed by atoms with E-state index in [0.717, 1.165) is 51.4 Å². The van der Waals surface area contributed by atoms with Gasteiger partial charge in [0, 0.05) is 12.3 Å². The molecule has 2 aliphatic rings. The van der Waals surface area contributed by atoms with Gasteiger partial charge in [-0.25, -0.2) is 0 Å². The largest absolute Gasteiger partial charge is 0.465 e. The lowest BCUT2D eigenvalue weighted by molar-refractivity contribution is -0.150. The number of aliphatic hydroxyl groups is 2. The number of aliphatic hydroxyl groups excluding tert-OH is 1. The molecule has 0 aromatic heterocycles. The number of hydrogen-bond acceptors (Lipinski definition) is 6. The van der Waals surface area contributed by atoms with E-state index in [9.17, 15) is 19.8 Å². The SMILES string of the molecule is C=CC(=O)COCCCOC(=O)C1CCC(C2CCC(C(O)O)CC2)CC1. The highest BCUT2D eigenvalue weighted by atomic mass is 16.5. The topological polar surface area (TPSA) is 93.1 Å². The van der Waals surface area contributed by atoms with Crippen LogP contribution in [-0.2, 0) is 19.1 Å². The van der Waals surface area contributed by atoms with Gasteiger partial charge < -0.3 is 19.7 Å². The predicted octanol–water partition coefficient (Wildman–Crippen LogP) is 2.61. The third-order valence-corrected chi connectivity index (χ3v) is 6.16. The van der Waals surface area contributed by atoms with Crippen molar-refractivity contribution in [1.82, 2.24) is 0 Å². The Morgan fingerprint density at radius 1 is 0.963 bits per heavy atom. The summed E-state index contributed by atoms with van der Waals surface area (Å²) in [6.07, 6.45) is 8.45. The van der Waals surface area contributed by atoms with Gasteiger partial charge in [-0.1, -0.05) is 6.58 Å². The molecule has 6 nitrogen and oxygen atoms in total. The Morgan fingerprint density at radius 3 is 2.11 bits per heavy atom. The highest BCUT2D eigenvalue weighted by Gasteiger charge is 2.34. The van der Waals surface area contributed by atoms with Gasteiger partial charge in [-0.15, -0.1) is 0 Å². The van der Waals surface area contributed by atoms with Crippen LogP contribution in [0.2, 0.25) is 0 Å². The van der Waals surface area contributed by atoms with Crippen molar-refractivity contribution in [1.29, 1.82) is 0 Å². The molecule has 2 aliphatic carbocycles. The average Bonchev–Trinajstić information content (AvgIpc) is 2.70. The molecule has 0 unspecified atom stereocenters. The zero-order valence-electron chi connectivity index (χ0n) is 16.2. The van der Waals surface area contributed by atoms with Gasteiger partial charge in [0.2, 0.25) is 0 Å². The molecule has 2 N–H and O–H groups in total. The first-order chi connectivity index (χ1) is 13.0. The molecule has 0 aliphatic heterocycles. The highest BCUT2D eigenvalue weighted by Crippen LogP contribution is 2.42. The quantitative estimate of drug-likeness (QED) is 0.261. The molecule has 154 valence electrons. The maximum Gasteiger partial charge on any atom is 0.308 e. The van der Waals surface area contributed by atoms with E-state index in [4.69, 9.17) is 9.47 Å². The first-order valence-corrected chi connectivity index (χ1v) is 10.3. The summed E-state index contributed by atoms with van der Waals surface area (Å²) < 4.78 is 10.5. The van der Waals surface area contributed by atoms with E-state index in [2.05, 4.69) is 6.58 Å². The highest BCUT2D eigenvalue weighted by molar-refractivity contribution is 5.90. The van der Waals surface area contributed by atoms with Crippen molar-refractivity contribution >= 4 is 11.8 Å². The zero-order chi connectivity index (χ0) is 19.6. The second kappa shape index (κ2) is 11.6. The Bertz CT molecular complexity index is 473. The number of rotatable bonds is 10. The first kappa shape index (κ1) is 22.1. The van der Waals surface area contributed by atoms with Crippen LogP contribution >= 0.6 is 0 Å². The molecule has 0 bridgehead atoms. The minimum Gasteiger partial charge on any atom is -0.465 e. The van der Waals surface area contributed by atoms with E-state index >= 15 is 0 Å². The average molecular weight is 382 g/mol. The minimum absolute atomic E-state index is 0.000106. The molecule has 2 saturated carbocycles. The maximum atomic E-state index is 12.2. The summed E-state index contributed by atoms with van der Waals surface area (Å²) >= 11 is 0. The number of carbonyl (C=O) groups excluding carboxylic acids is 2. The Morgan fingerprint density at radius 2 is 1.56 bits per heavy atom. The van der Waals surface area contributed by atoms with Gasteiger partial charge in [0.15, 0.2) is 12.1 Å². The van der Waals surface area contributed by atoms with Crippen LogP contribution in [0.3, 0.4) is 0 Å². The fourth-order valence-corrected chi connectivity index (χ4v) is 4.42. The molecule has 0 aromatic rings. The second-order valence-electron chi connectivity index (χ2n) is 7.94. The van der Waals surface area contributed by atoms with Crippen LogP contribution in [0.15, 0.2) is 12.7 Å². The minimum atomic E-state index is -1.18. The van der Waals surface area contributed by atoms with Crippen molar-refractivity contribution in [3.63, 3.8) is 0 Å². The molecule has 0 saturated heterocycles. The van der Waals surface area contributed by atoms with Crippen molar-refractivity contribution in [3.8, 4) is 0 Å². The van der Waals surface area contributed by atoms with Gasteiger partial charge in [0.1, 0.15) is 6.61 Å². The number of ketones is 1. The van der Waals surface area contributed by atoms with Gasteiger partial charge in [0.05, 0.1) is 19.1 Å². The fraction of sp³-hybridized carbons (Fsp3) is 0.810. The van der Waals surface area contributed by atoms with E-state index in [1.165, 1.54) is 6.08 Å². The van der Waals surface area contributed by atoms with Crippen LogP contribution in [0, 0.1) is 23.7 Å². The third-order valence-electron chi connectivity index (χ3n) is 6.16. The van der Waals surface area contributed by atoms with Crippen LogP contribution < -0.4 is 0 Å². The molecule has 6 heteroatoms. The molecular weight excluding hydrogens is 348 g/mol. The number of esters is 1. The lowest BCUT2D eigenvalue weighted by Crippen LogP contribution is -2.31. The number of hydrogen-bond donors (Lipinski definition) is 2. The van der Waals surface area contributed by atoms with Gasteiger partial charge in [-0.05, 0) is 69.3 Å². The third kappa shape index (κ3) is 7.35. The fourth-order valence-electron chi connectivity index (χ4n) is 4.42. The zero-order valence-corrected chi connectivity index (χ0v) is 16.2. The molecule has 2 rings (SSSR count). The summed E-state index contributed by atoms with van der Waals surface area (Å²) in [5, 5.41) is 18.6. The van der Waals surface area contributed by atoms with Gasteiger partial charge in [0.25, 0.3) is 0 Å². The predicted molar refractivity (Wildman–Crippen MR) is 101 cm³/mol. The summed E-state index contributed by atoms with van der Waals surface area (Å²) in [6.45, 7) is 4.13. The van der Waals surface area contributed by atoms with Crippen LogP contribution in [0.5, 0.6) is 0 Å². The monoisotopic (exact) mass is 382 g/mol. The van der Waals surface area contributed by atoms with E-state index in [-0.39, 0.29) is 30.2 Å². The molecule has 0 spiro atoms. The molecular formula is C21H34O6. The smallest absolute Gasteiger partial charge is 0.308 e. The molecule has 0 atom stereocenters. The van der Waals surface area contributed by atoms with Gasteiger partial charge in [-0.2, -0.15) is 0 Å². The standard InChI is InChI=1S/C21H34O6/c1-2-19(22)14-26-12-3-13-27-21(25)18-10-6-16(7-11-18)15-4-8-17(9-5-15)20(23)24/h2,15-18,20,23-24H,1,3-14H2. The van der Waals surface area contributed by atoms with Crippen LogP contribution in [0.25, 0.3) is 0 Å². The van der Waals surface area contributed by atoms with Crippen molar-refractivity contribution in [2.24, 2.45) is 23.7 Å². The molecule has 27 heavy (non-hydrogen) atoms. The van der Waals surface area contributed by atoms with Crippen LogP contribution in [-0.4, -0.2) is 48.1 Å². The van der Waals surface area contributed by atoms with E-state index in [0.29, 0.717) is 31.5 Å². The van der Waals surface area contributed by atoms with E-state index < -0.39 is 6.29 Å². The Balaban J connectivity index is 1.56. The molecule has 0 amide bonds. The number of ether oxygens (including phenoxy) is 2. The Kier molecular flexibility index (Phi) is 9.45. The summed E-state index contributed by atoms with van der Waals surface area (Å²) in [7, 11) is 0. The first-order valence-electron chi connectivity index (χ1n) is 10.3. The van der Waals surface area contributed by atoms with E-state index in [1.807, 2.05) is 0 Å². The summed E-state index contributed by atoms with van der Waals surface area (Å²) in [5.74, 6) is 1.09. The summed E-state index contributed by atoms with van der Waals surface area (Å²) in [4.78, 5) is 23.2. The van der Waals surface area contributed by atoms with Gasteiger partial charge in [-0.3, -0.25) is 9.59 Å². The van der Waals surface area contributed by atoms with Crippen LogP contribution in [0.1, 0.15) is 57.8 Å². The number of carbonyl (C=O) groups is 2. The normalized spacial score (nSPS) is 28.7. The summed E-state index contributed by atoms with van der Waals surface area (Å²) in [5.41, 5.74) is 0. The second-order valence-corrected chi connectivity index (χ2v) is 7.94. The van der Waals surface area contributed by atoms with E-state index in [1.54, 1.807) is 0 Å². The van der Waals surface area contributed by atoms with Crippen molar-refractivity contribution in [2.45, 2.75) is 64.1 Å². The van der Waals surface area contributed by atoms with Gasteiger partial charge >= 0.3 is 5.97 Å². The molecule has 0 aromatic carbocycles. The lowest BCUT2D eigenvalue weighted by atomic mass is 9.69.